The normalized spacial score (nSPS) is 19.9. The quantitative estimate of drug-likeness (QED) is 0.871. The summed E-state index contributed by atoms with van der Waals surface area (Å²) in [5.41, 5.74) is 0.917. The van der Waals surface area contributed by atoms with Gasteiger partial charge >= 0.3 is 5.97 Å². The van der Waals surface area contributed by atoms with Crippen molar-refractivity contribution in [1.82, 2.24) is 4.98 Å². The highest BCUT2D eigenvalue weighted by Crippen LogP contribution is 2.29. The molecule has 1 aliphatic heterocycles. The smallest absolute Gasteiger partial charge is 0.356 e. The number of carboxylic acids is 1. The maximum absolute atomic E-state index is 11.1. The van der Waals surface area contributed by atoms with E-state index in [9.17, 15) is 4.79 Å². The lowest BCUT2D eigenvalue weighted by molar-refractivity contribution is 0.0691. The van der Waals surface area contributed by atoms with Crippen molar-refractivity contribution in [2.45, 2.75) is 20.3 Å². The van der Waals surface area contributed by atoms with Crippen LogP contribution in [0.1, 0.15) is 30.8 Å². The molecule has 1 fully saturated rings. The molecule has 1 N–H and O–H groups in total. The Morgan fingerprint density at radius 2 is 2.35 bits per heavy atom. The van der Waals surface area contributed by atoms with Crippen LogP contribution in [0.25, 0.3) is 0 Å². The fourth-order valence-electron chi connectivity index (χ4n) is 2.37. The molecule has 92 valence electrons. The van der Waals surface area contributed by atoms with Gasteiger partial charge in [-0.2, -0.15) is 0 Å². The molecule has 1 aromatic rings. The van der Waals surface area contributed by atoms with Crippen molar-refractivity contribution >= 4 is 11.7 Å². The molecule has 0 saturated carbocycles. The average Bonchev–Trinajstić information content (AvgIpc) is 2.78. The van der Waals surface area contributed by atoms with E-state index in [2.05, 4.69) is 23.7 Å². The molecule has 1 atom stereocenters. The number of hydrogen-bond donors (Lipinski definition) is 1. The second-order valence-electron chi connectivity index (χ2n) is 4.92. The number of aromatic carboxylic acids is 1. The lowest BCUT2D eigenvalue weighted by Gasteiger charge is -2.21. The summed E-state index contributed by atoms with van der Waals surface area (Å²) in [5, 5.41) is 9.11. The van der Waals surface area contributed by atoms with Gasteiger partial charge in [-0.1, -0.05) is 13.8 Å². The summed E-state index contributed by atoms with van der Waals surface area (Å²) in [4.78, 5) is 17.2. The Morgan fingerprint density at radius 1 is 1.59 bits per heavy atom. The summed E-state index contributed by atoms with van der Waals surface area (Å²) in [5.74, 6) is 0.343. The fraction of sp³-hybridized carbons (Fsp3) is 0.538. The van der Waals surface area contributed by atoms with Gasteiger partial charge in [0.1, 0.15) is 0 Å². The molecule has 1 aliphatic rings. The number of carbonyl (C=O) groups is 1. The predicted octanol–water partition coefficient (Wildman–Crippen LogP) is 2.26. The topological polar surface area (TPSA) is 53.4 Å². The van der Waals surface area contributed by atoms with Crippen LogP contribution < -0.4 is 4.90 Å². The van der Waals surface area contributed by atoms with Gasteiger partial charge in [-0.15, -0.1) is 0 Å². The van der Waals surface area contributed by atoms with Gasteiger partial charge in [-0.05, 0) is 30.4 Å². The average molecular weight is 234 g/mol. The Hall–Kier alpha value is -1.58. The lowest BCUT2D eigenvalue weighted by Crippen LogP contribution is -2.23. The second kappa shape index (κ2) is 4.73. The highest BCUT2D eigenvalue weighted by atomic mass is 16.4. The van der Waals surface area contributed by atoms with Gasteiger partial charge in [0.25, 0.3) is 0 Å². The Morgan fingerprint density at radius 3 is 2.94 bits per heavy atom. The standard InChI is InChI=1S/C13H18N2O2/c1-9(2)10-5-7-15(8-10)11-4-3-6-14-12(11)13(16)17/h3-4,6,9-10H,5,7-8H2,1-2H3,(H,16,17). The zero-order valence-corrected chi connectivity index (χ0v) is 10.3. The summed E-state index contributed by atoms with van der Waals surface area (Å²) in [6, 6.07) is 3.64. The minimum Gasteiger partial charge on any atom is -0.476 e. The Labute approximate surface area is 101 Å². The van der Waals surface area contributed by atoms with Crippen LogP contribution in [-0.4, -0.2) is 29.1 Å². The molecule has 4 heteroatoms. The van der Waals surface area contributed by atoms with Crippen LogP contribution in [0.15, 0.2) is 18.3 Å². The van der Waals surface area contributed by atoms with Crippen LogP contribution in [0.2, 0.25) is 0 Å². The molecule has 0 spiro atoms. The first-order valence-corrected chi connectivity index (χ1v) is 6.03. The van der Waals surface area contributed by atoms with Crippen molar-refractivity contribution in [3.8, 4) is 0 Å². The molecule has 1 saturated heterocycles. The van der Waals surface area contributed by atoms with E-state index >= 15 is 0 Å². The molecule has 1 unspecified atom stereocenters. The fourth-order valence-corrected chi connectivity index (χ4v) is 2.37. The van der Waals surface area contributed by atoms with E-state index in [1.807, 2.05) is 6.07 Å². The summed E-state index contributed by atoms with van der Waals surface area (Å²) >= 11 is 0. The van der Waals surface area contributed by atoms with Crippen LogP contribution in [0.3, 0.4) is 0 Å². The highest BCUT2D eigenvalue weighted by Gasteiger charge is 2.27. The zero-order chi connectivity index (χ0) is 12.4. The van der Waals surface area contributed by atoms with Gasteiger partial charge in [0.15, 0.2) is 5.69 Å². The van der Waals surface area contributed by atoms with E-state index < -0.39 is 5.97 Å². The summed E-state index contributed by atoms with van der Waals surface area (Å²) < 4.78 is 0. The number of carboxylic acid groups (broad SMARTS) is 1. The van der Waals surface area contributed by atoms with Crippen LogP contribution in [-0.2, 0) is 0 Å². The number of hydrogen-bond acceptors (Lipinski definition) is 3. The van der Waals surface area contributed by atoms with Crippen molar-refractivity contribution in [3.63, 3.8) is 0 Å². The summed E-state index contributed by atoms with van der Waals surface area (Å²) in [7, 11) is 0. The largest absolute Gasteiger partial charge is 0.476 e. The van der Waals surface area contributed by atoms with Crippen molar-refractivity contribution in [2.24, 2.45) is 11.8 Å². The third kappa shape index (κ3) is 2.40. The van der Waals surface area contributed by atoms with E-state index in [1.165, 1.54) is 6.20 Å². The Balaban J connectivity index is 2.21. The maximum atomic E-state index is 11.1. The van der Waals surface area contributed by atoms with Crippen LogP contribution in [0.4, 0.5) is 5.69 Å². The molecule has 0 radical (unpaired) electrons. The first-order valence-electron chi connectivity index (χ1n) is 6.03. The Bertz CT molecular complexity index is 418. The number of pyridine rings is 1. The molecule has 0 aliphatic carbocycles. The lowest BCUT2D eigenvalue weighted by atomic mass is 9.95. The van der Waals surface area contributed by atoms with Gasteiger partial charge < -0.3 is 10.0 Å². The zero-order valence-electron chi connectivity index (χ0n) is 10.3. The van der Waals surface area contributed by atoms with E-state index in [-0.39, 0.29) is 5.69 Å². The molecule has 1 aromatic heterocycles. The molecule has 2 heterocycles. The molecule has 4 nitrogen and oxygen atoms in total. The predicted molar refractivity (Wildman–Crippen MR) is 66.4 cm³/mol. The highest BCUT2D eigenvalue weighted by molar-refractivity contribution is 5.92. The van der Waals surface area contributed by atoms with Crippen molar-refractivity contribution in [3.05, 3.63) is 24.0 Å². The van der Waals surface area contributed by atoms with Crippen molar-refractivity contribution in [1.29, 1.82) is 0 Å². The van der Waals surface area contributed by atoms with E-state index in [0.717, 1.165) is 25.2 Å². The summed E-state index contributed by atoms with van der Waals surface area (Å²) in [6.45, 7) is 6.30. The van der Waals surface area contributed by atoms with E-state index in [4.69, 9.17) is 5.11 Å². The van der Waals surface area contributed by atoms with Gasteiger partial charge in [0.05, 0.1) is 5.69 Å². The van der Waals surface area contributed by atoms with Crippen LogP contribution in [0.5, 0.6) is 0 Å². The van der Waals surface area contributed by atoms with E-state index in [0.29, 0.717) is 11.8 Å². The third-order valence-electron chi connectivity index (χ3n) is 3.50. The minimum atomic E-state index is -0.950. The number of anilines is 1. The van der Waals surface area contributed by atoms with Crippen LogP contribution >= 0.6 is 0 Å². The van der Waals surface area contributed by atoms with Crippen molar-refractivity contribution in [2.75, 3.05) is 18.0 Å². The van der Waals surface area contributed by atoms with Gasteiger partial charge in [-0.3, -0.25) is 0 Å². The van der Waals surface area contributed by atoms with Gasteiger partial charge in [0.2, 0.25) is 0 Å². The number of rotatable bonds is 3. The first kappa shape index (κ1) is 11.9. The molecule has 0 aromatic carbocycles. The molecule has 0 amide bonds. The first-order chi connectivity index (χ1) is 8.09. The number of nitrogens with zero attached hydrogens (tertiary/aromatic N) is 2. The monoisotopic (exact) mass is 234 g/mol. The van der Waals surface area contributed by atoms with Crippen LogP contribution in [0, 0.1) is 11.8 Å². The maximum Gasteiger partial charge on any atom is 0.356 e. The van der Waals surface area contributed by atoms with E-state index in [1.54, 1.807) is 6.07 Å². The molecular weight excluding hydrogens is 216 g/mol. The molecule has 0 bridgehead atoms. The molecule has 2 rings (SSSR count). The molecule has 17 heavy (non-hydrogen) atoms. The number of aromatic nitrogens is 1. The molecular formula is C13H18N2O2. The van der Waals surface area contributed by atoms with Gasteiger partial charge in [-0.25, -0.2) is 9.78 Å². The van der Waals surface area contributed by atoms with Gasteiger partial charge in [0, 0.05) is 19.3 Å². The Kier molecular flexibility index (Phi) is 3.31. The minimum absolute atomic E-state index is 0.164. The SMILES string of the molecule is CC(C)C1CCN(c2cccnc2C(=O)O)C1. The second-order valence-corrected chi connectivity index (χ2v) is 4.92. The van der Waals surface area contributed by atoms with Crippen molar-refractivity contribution < 1.29 is 9.90 Å². The summed E-state index contributed by atoms with van der Waals surface area (Å²) in [6.07, 6.45) is 2.66. The third-order valence-corrected chi connectivity index (χ3v) is 3.50.